The van der Waals surface area contributed by atoms with Gasteiger partial charge < -0.3 is 9.64 Å². The molecule has 27 heavy (non-hydrogen) atoms. The first-order valence-corrected chi connectivity index (χ1v) is 11.6. The minimum atomic E-state index is -0.157. The molecule has 0 aromatic heterocycles. The summed E-state index contributed by atoms with van der Waals surface area (Å²) in [6, 6.07) is 0. The molecular weight excluding hydrogens is 334 g/mol. The van der Waals surface area contributed by atoms with Gasteiger partial charge in [-0.05, 0) is 24.7 Å². The zero-order chi connectivity index (χ0) is 20.9. The van der Waals surface area contributed by atoms with Gasteiger partial charge in [-0.1, -0.05) is 99.8 Å². The second-order valence-corrected chi connectivity index (χ2v) is 9.60. The van der Waals surface area contributed by atoms with Gasteiger partial charge in [0.2, 0.25) is 0 Å². The summed E-state index contributed by atoms with van der Waals surface area (Å²) in [7, 11) is 1.86. The fourth-order valence-corrected chi connectivity index (χ4v) is 4.22. The van der Waals surface area contributed by atoms with Gasteiger partial charge in [0.1, 0.15) is 6.10 Å². The zero-order valence-corrected chi connectivity index (χ0v) is 19.8. The van der Waals surface area contributed by atoms with E-state index in [1.165, 1.54) is 51.4 Å². The van der Waals surface area contributed by atoms with E-state index in [-0.39, 0.29) is 17.6 Å². The molecule has 0 radical (unpaired) electrons. The molecule has 0 aliphatic rings. The van der Waals surface area contributed by atoms with E-state index in [2.05, 4.69) is 48.5 Å². The minimum Gasteiger partial charge on any atom is -0.445 e. The van der Waals surface area contributed by atoms with Crippen LogP contribution in [0.25, 0.3) is 0 Å². The van der Waals surface area contributed by atoms with Crippen LogP contribution in [0.1, 0.15) is 113 Å². The molecular formula is C24H49NO2. The predicted molar refractivity (Wildman–Crippen MR) is 118 cm³/mol. The van der Waals surface area contributed by atoms with Crippen LogP contribution >= 0.6 is 0 Å². The van der Waals surface area contributed by atoms with Crippen LogP contribution in [0.4, 0.5) is 4.79 Å². The molecule has 0 bridgehead atoms. The van der Waals surface area contributed by atoms with E-state index < -0.39 is 0 Å². The molecule has 0 saturated heterocycles. The number of carbonyl (C=O) groups is 1. The largest absolute Gasteiger partial charge is 0.445 e. The van der Waals surface area contributed by atoms with Crippen molar-refractivity contribution in [2.45, 2.75) is 119 Å². The first kappa shape index (κ1) is 26.3. The first-order valence-electron chi connectivity index (χ1n) is 11.6. The van der Waals surface area contributed by atoms with Gasteiger partial charge in [-0.2, -0.15) is 0 Å². The summed E-state index contributed by atoms with van der Waals surface area (Å²) in [5.41, 5.74) is 0.0733. The summed E-state index contributed by atoms with van der Waals surface area (Å²) in [6.45, 7) is 16.3. The van der Waals surface area contributed by atoms with Gasteiger partial charge in [0, 0.05) is 19.0 Å². The van der Waals surface area contributed by atoms with E-state index >= 15 is 0 Å². The van der Waals surface area contributed by atoms with Crippen molar-refractivity contribution in [3.05, 3.63) is 0 Å². The highest BCUT2D eigenvalue weighted by atomic mass is 16.6. The summed E-state index contributed by atoms with van der Waals surface area (Å²) in [5.74, 6) is 0.790. The molecule has 3 nitrogen and oxygen atoms in total. The van der Waals surface area contributed by atoms with Crippen molar-refractivity contribution in [1.29, 1.82) is 0 Å². The Morgan fingerprint density at radius 2 is 1.37 bits per heavy atom. The van der Waals surface area contributed by atoms with Crippen LogP contribution in [0, 0.1) is 17.3 Å². The summed E-state index contributed by atoms with van der Waals surface area (Å²) >= 11 is 0. The Morgan fingerprint density at radius 1 is 0.889 bits per heavy atom. The average Bonchev–Trinajstić information content (AvgIpc) is 2.58. The number of ether oxygens (including phenoxy) is 1. The quantitative estimate of drug-likeness (QED) is 0.271. The number of nitrogens with zero attached hydrogens (tertiary/aromatic N) is 1. The highest BCUT2D eigenvalue weighted by molar-refractivity contribution is 5.67. The van der Waals surface area contributed by atoms with Crippen molar-refractivity contribution in [3.63, 3.8) is 0 Å². The Bertz CT molecular complexity index is 381. The Kier molecular flexibility index (Phi) is 13.9. The molecule has 0 fully saturated rings. The standard InChI is InChI=1S/C24H49NO2/c1-9-11-13-14-16-18-24(7,17-15-12-10-2)22(21(5)6)27-23(26)25(8)19-20(3)4/h20-22H,9-19H2,1-8H3. The van der Waals surface area contributed by atoms with Crippen LogP contribution < -0.4 is 0 Å². The number of unbranched alkanes of at least 4 members (excludes halogenated alkanes) is 6. The molecule has 0 aliphatic heterocycles. The second-order valence-electron chi connectivity index (χ2n) is 9.60. The number of hydrogen-bond acceptors (Lipinski definition) is 2. The molecule has 0 saturated carbocycles. The van der Waals surface area contributed by atoms with Crippen molar-refractivity contribution in [1.82, 2.24) is 4.90 Å². The van der Waals surface area contributed by atoms with Gasteiger partial charge in [0.05, 0.1) is 0 Å². The van der Waals surface area contributed by atoms with E-state index in [1.54, 1.807) is 4.90 Å². The van der Waals surface area contributed by atoms with Crippen molar-refractivity contribution in [2.24, 2.45) is 17.3 Å². The predicted octanol–water partition coefficient (Wildman–Crippen LogP) is 7.68. The van der Waals surface area contributed by atoms with Gasteiger partial charge in [-0.25, -0.2) is 4.79 Å². The molecule has 162 valence electrons. The molecule has 0 spiro atoms. The number of carbonyl (C=O) groups excluding carboxylic acids is 1. The molecule has 0 aliphatic carbocycles. The molecule has 0 rings (SSSR count). The molecule has 2 unspecified atom stereocenters. The van der Waals surface area contributed by atoms with Crippen LogP contribution in [0.2, 0.25) is 0 Å². The smallest absolute Gasteiger partial charge is 0.409 e. The monoisotopic (exact) mass is 383 g/mol. The maximum absolute atomic E-state index is 12.7. The van der Waals surface area contributed by atoms with Crippen molar-refractivity contribution in [2.75, 3.05) is 13.6 Å². The van der Waals surface area contributed by atoms with E-state index in [0.717, 1.165) is 19.4 Å². The third-order valence-electron chi connectivity index (χ3n) is 5.67. The first-order chi connectivity index (χ1) is 12.7. The normalized spacial score (nSPS) is 15.0. The fourth-order valence-electron chi connectivity index (χ4n) is 4.22. The van der Waals surface area contributed by atoms with E-state index in [1.807, 2.05) is 7.05 Å². The lowest BCUT2D eigenvalue weighted by Gasteiger charge is -2.40. The van der Waals surface area contributed by atoms with Gasteiger partial charge in [0.25, 0.3) is 0 Å². The van der Waals surface area contributed by atoms with Crippen LogP contribution in [-0.4, -0.2) is 30.7 Å². The maximum atomic E-state index is 12.7. The van der Waals surface area contributed by atoms with Crippen molar-refractivity contribution >= 4 is 6.09 Å². The van der Waals surface area contributed by atoms with Crippen molar-refractivity contribution in [3.8, 4) is 0 Å². The molecule has 3 heteroatoms. The highest BCUT2D eigenvalue weighted by Crippen LogP contribution is 2.40. The number of hydrogen-bond donors (Lipinski definition) is 0. The molecule has 0 aromatic rings. The highest BCUT2D eigenvalue weighted by Gasteiger charge is 2.38. The van der Waals surface area contributed by atoms with Gasteiger partial charge >= 0.3 is 6.09 Å². The fraction of sp³-hybridized carbons (Fsp3) is 0.958. The lowest BCUT2D eigenvalue weighted by atomic mass is 9.71. The van der Waals surface area contributed by atoms with E-state index in [4.69, 9.17) is 4.74 Å². The summed E-state index contributed by atoms with van der Waals surface area (Å²) < 4.78 is 6.14. The third-order valence-corrected chi connectivity index (χ3v) is 5.67. The maximum Gasteiger partial charge on any atom is 0.409 e. The molecule has 0 aromatic carbocycles. The Morgan fingerprint density at radius 3 is 1.85 bits per heavy atom. The van der Waals surface area contributed by atoms with Crippen LogP contribution in [0.5, 0.6) is 0 Å². The summed E-state index contributed by atoms with van der Waals surface area (Å²) in [5, 5.41) is 0. The van der Waals surface area contributed by atoms with Gasteiger partial charge in [-0.15, -0.1) is 0 Å². The van der Waals surface area contributed by atoms with Gasteiger partial charge in [0.15, 0.2) is 0 Å². The SMILES string of the molecule is CCCCCCCC(C)(CCCCC)C(OC(=O)N(C)CC(C)C)C(C)C. The summed E-state index contributed by atoms with van der Waals surface area (Å²) in [6.07, 6.45) is 12.3. The molecule has 1 amide bonds. The zero-order valence-electron chi connectivity index (χ0n) is 19.8. The van der Waals surface area contributed by atoms with Crippen LogP contribution in [-0.2, 0) is 4.74 Å². The van der Waals surface area contributed by atoms with Crippen molar-refractivity contribution < 1.29 is 9.53 Å². The lowest BCUT2D eigenvalue weighted by Crippen LogP contribution is -2.43. The topological polar surface area (TPSA) is 29.5 Å². The molecule has 0 N–H and O–H groups in total. The van der Waals surface area contributed by atoms with Crippen LogP contribution in [0.15, 0.2) is 0 Å². The van der Waals surface area contributed by atoms with Crippen LogP contribution in [0.3, 0.4) is 0 Å². The Hall–Kier alpha value is -0.730. The third kappa shape index (κ3) is 11.0. The number of rotatable bonds is 15. The average molecular weight is 384 g/mol. The lowest BCUT2D eigenvalue weighted by molar-refractivity contribution is -0.0385. The van der Waals surface area contributed by atoms with Gasteiger partial charge in [-0.3, -0.25) is 0 Å². The Labute approximate surface area is 170 Å². The minimum absolute atomic E-state index is 0.0114. The Balaban J connectivity index is 5.09. The van der Waals surface area contributed by atoms with E-state index in [0.29, 0.717) is 11.8 Å². The molecule has 0 heterocycles. The summed E-state index contributed by atoms with van der Waals surface area (Å²) in [4.78, 5) is 14.4. The van der Waals surface area contributed by atoms with E-state index in [9.17, 15) is 4.79 Å². The molecule has 2 atom stereocenters. The second kappa shape index (κ2) is 14.3. The number of amides is 1.